The van der Waals surface area contributed by atoms with Crippen LogP contribution in [0.15, 0.2) is 18.2 Å². The zero-order valence-corrected chi connectivity index (χ0v) is 11.7. The fourth-order valence-electron chi connectivity index (χ4n) is 2.72. The van der Waals surface area contributed by atoms with E-state index in [1.54, 1.807) is 30.9 Å². The number of aryl methyl sites for hydroxylation is 1. The molecule has 19 heavy (non-hydrogen) atoms. The molecule has 0 aliphatic carbocycles. The summed E-state index contributed by atoms with van der Waals surface area (Å²) in [6.07, 6.45) is 1.68. The van der Waals surface area contributed by atoms with E-state index in [-0.39, 0.29) is 17.7 Å². The molecule has 4 nitrogen and oxygen atoms in total. The number of hydrogen-bond donors (Lipinski definition) is 2. The smallest absolute Gasteiger partial charge is 0.257 e. The van der Waals surface area contributed by atoms with Crippen LogP contribution in [0, 0.1) is 6.92 Å². The van der Waals surface area contributed by atoms with Gasteiger partial charge in [0, 0.05) is 6.54 Å². The van der Waals surface area contributed by atoms with E-state index in [1.165, 1.54) is 6.07 Å². The molecule has 2 rings (SSSR count). The van der Waals surface area contributed by atoms with Crippen molar-refractivity contribution in [2.45, 2.75) is 45.3 Å². The van der Waals surface area contributed by atoms with Gasteiger partial charge in [0.15, 0.2) is 0 Å². The Kier molecular flexibility index (Phi) is 3.54. The summed E-state index contributed by atoms with van der Waals surface area (Å²) in [4.78, 5) is 14.2. The van der Waals surface area contributed by atoms with Crippen LogP contribution in [0.4, 0.5) is 0 Å². The molecule has 1 heterocycles. The van der Waals surface area contributed by atoms with Gasteiger partial charge < -0.3 is 15.1 Å². The van der Waals surface area contributed by atoms with E-state index in [0.29, 0.717) is 12.1 Å². The molecule has 1 aliphatic rings. The molecule has 104 valence electrons. The lowest BCUT2D eigenvalue weighted by molar-refractivity contribution is 0.000222. The van der Waals surface area contributed by atoms with E-state index in [1.807, 2.05) is 6.92 Å². The van der Waals surface area contributed by atoms with E-state index >= 15 is 0 Å². The molecule has 0 spiro atoms. The van der Waals surface area contributed by atoms with Crippen LogP contribution in [-0.2, 0) is 0 Å². The number of carbonyl (C=O) groups excluding carboxylic acids is 1. The van der Waals surface area contributed by atoms with Crippen molar-refractivity contribution in [1.29, 1.82) is 0 Å². The van der Waals surface area contributed by atoms with Crippen LogP contribution in [0.5, 0.6) is 5.75 Å². The Balaban J connectivity index is 2.31. The Bertz CT molecular complexity index is 491. The van der Waals surface area contributed by atoms with Crippen molar-refractivity contribution in [3.05, 3.63) is 29.3 Å². The van der Waals surface area contributed by atoms with Gasteiger partial charge in [-0.05, 0) is 45.7 Å². The molecule has 1 amide bonds. The van der Waals surface area contributed by atoms with E-state index in [0.717, 1.165) is 18.4 Å². The summed E-state index contributed by atoms with van der Waals surface area (Å²) in [6, 6.07) is 4.80. The Hall–Kier alpha value is -1.55. The molecule has 1 fully saturated rings. The van der Waals surface area contributed by atoms with Gasteiger partial charge in [-0.3, -0.25) is 4.79 Å². The SMILES string of the molecule is Cc1ccc(O)c(C(=O)N2CCC[C@@H]2C(C)(C)O)c1. The number of hydrogen-bond acceptors (Lipinski definition) is 3. The van der Waals surface area contributed by atoms with Crippen molar-refractivity contribution in [3.63, 3.8) is 0 Å². The van der Waals surface area contributed by atoms with Gasteiger partial charge in [0.25, 0.3) is 5.91 Å². The number of aromatic hydroxyl groups is 1. The van der Waals surface area contributed by atoms with Gasteiger partial charge in [-0.25, -0.2) is 0 Å². The topological polar surface area (TPSA) is 60.8 Å². The summed E-state index contributed by atoms with van der Waals surface area (Å²) in [7, 11) is 0. The summed E-state index contributed by atoms with van der Waals surface area (Å²) >= 11 is 0. The van der Waals surface area contributed by atoms with E-state index in [2.05, 4.69) is 0 Å². The fourth-order valence-corrected chi connectivity index (χ4v) is 2.72. The van der Waals surface area contributed by atoms with Gasteiger partial charge in [-0.1, -0.05) is 11.6 Å². The number of benzene rings is 1. The average Bonchev–Trinajstić information content (AvgIpc) is 2.80. The predicted molar refractivity (Wildman–Crippen MR) is 73.2 cm³/mol. The Morgan fingerprint density at radius 2 is 2.11 bits per heavy atom. The molecule has 0 unspecified atom stereocenters. The van der Waals surface area contributed by atoms with Gasteiger partial charge in [-0.15, -0.1) is 0 Å². The largest absolute Gasteiger partial charge is 0.507 e. The zero-order chi connectivity index (χ0) is 14.2. The molecule has 0 saturated carbocycles. The molecule has 1 saturated heterocycles. The van der Waals surface area contributed by atoms with Crippen molar-refractivity contribution in [3.8, 4) is 5.75 Å². The quantitative estimate of drug-likeness (QED) is 0.858. The minimum Gasteiger partial charge on any atom is -0.507 e. The van der Waals surface area contributed by atoms with Gasteiger partial charge in [0.2, 0.25) is 0 Å². The second kappa shape index (κ2) is 4.85. The predicted octanol–water partition coefficient (Wildman–Crippen LogP) is 2.08. The first-order valence-corrected chi connectivity index (χ1v) is 6.63. The highest BCUT2D eigenvalue weighted by atomic mass is 16.3. The van der Waals surface area contributed by atoms with E-state index < -0.39 is 5.60 Å². The van der Waals surface area contributed by atoms with Crippen molar-refractivity contribution >= 4 is 5.91 Å². The second-order valence-electron chi connectivity index (χ2n) is 5.83. The van der Waals surface area contributed by atoms with E-state index in [4.69, 9.17) is 0 Å². The Labute approximate surface area is 113 Å². The Morgan fingerprint density at radius 3 is 2.74 bits per heavy atom. The monoisotopic (exact) mass is 263 g/mol. The number of phenolic OH excluding ortho intramolecular Hbond substituents is 1. The highest BCUT2D eigenvalue weighted by molar-refractivity contribution is 5.97. The van der Waals surface area contributed by atoms with Crippen LogP contribution in [-0.4, -0.2) is 39.2 Å². The van der Waals surface area contributed by atoms with Gasteiger partial charge in [-0.2, -0.15) is 0 Å². The molecule has 0 radical (unpaired) electrons. The third kappa shape index (κ3) is 2.73. The third-order valence-electron chi connectivity index (χ3n) is 3.71. The highest BCUT2D eigenvalue weighted by Crippen LogP contribution is 2.30. The van der Waals surface area contributed by atoms with Crippen LogP contribution in [0.25, 0.3) is 0 Å². The summed E-state index contributed by atoms with van der Waals surface area (Å²) in [5.41, 5.74) is 0.322. The lowest BCUT2D eigenvalue weighted by Crippen LogP contribution is -2.48. The number of likely N-dealkylation sites (tertiary alicyclic amines) is 1. The minimum absolute atomic E-state index is 0.00278. The average molecular weight is 263 g/mol. The number of carbonyl (C=O) groups is 1. The van der Waals surface area contributed by atoms with Gasteiger partial charge in [0.1, 0.15) is 5.75 Å². The van der Waals surface area contributed by atoms with Crippen molar-refractivity contribution in [2.24, 2.45) is 0 Å². The fraction of sp³-hybridized carbons (Fsp3) is 0.533. The number of amides is 1. The molecule has 1 aliphatic heterocycles. The summed E-state index contributed by atoms with van der Waals surface area (Å²) in [5, 5.41) is 20.0. The van der Waals surface area contributed by atoms with Crippen LogP contribution in [0.2, 0.25) is 0 Å². The standard InChI is InChI=1S/C15H21NO3/c1-10-6-7-12(17)11(9-10)14(18)16-8-4-5-13(16)15(2,3)19/h6-7,9,13,17,19H,4-5,8H2,1-3H3/t13-/m1/s1. The molecule has 4 heteroatoms. The maximum atomic E-state index is 12.5. The van der Waals surface area contributed by atoms with Crippen molar-refractivity contribution in [2.75, 3.05) is 6.54 Å². The number of rotatable bonds is 2. The highest BCUT2D eigenvalue weighted by Gasteiger charge is 2.39. The van der Waals surface area contributed by atoms with Crippen molar-refractivity contribution in [1.82, 2.24) is 4.90 Å². The van der Waals surface area contributed by atoms with Crippen LogP contribution in [0.1, 0.15) is 42.6 Å². The number of aliphatic hydroxyl groups is 1. The third-order valence-corrected chi connectivity index (χ3v) is 3.71. The second-order valence-corrected chi connectivity index (χ2v) is 5.83. The van der Waals surface area contributed by atoms with Crippen molar-refractivity contribution < 1.29 is 15.0 Å². The first kappa shape index (κ1) is 13.9. The molecule has 1 aromatic rings. The molecular formula is C15H21NO3. The number of phenols is 1. The summed E-state index contributed by atoms with van der Waals surface area (Å²) < 4.78 is 0. The molecule has 2 N–H and O–H groups in total. The first-order chi connectivity index (χ1) is 8.80. The van der Waals surface area contributed by atoms with Crippen LogP contribution < -0.4 is 0 Å². The molecule has 0 aromatic heterocycles. The lowest BCUT2D eigenvalue weighted by atomic mass is 9.96. The number of nitrogens with zero attached hydrogens (tertiary/aromatic N) is 1. The molecule has 1 aromatic carbocycles. The van der Waals surface area contributed by atoms with Crippen LogP contribution in [0.3, 0.4) is 0 Å². The molecular weight excluding hydrogens is 242 g/mol. The maximum absolute atomic E-state index is 12.5. The molecule has 0 bridgehead atoms. The van der Waals surface area contributed by atoms with Gasteiger partial charge >= 0.3 is 0 Å². The minimum atomic E-state index is -0.925. The lowest BCUT2D eigenvalue weighted by Gasteiger charge is -2.34. The Morgan fingerprint density at radius 1 is 1.42 bits per heavy atom. The maximum Gasteiger partial charge on any atom is 0.257 e. The van der Waals surface area contributed by atoms with E-state index in [9.17, 15) is 15.0 Å². The van der Waals surface area contributed by atoms with Gasteiger partial charge in [0.05, 0.1) is 17.2 Å². The first-order valence-electron chi connectivity index (χ1n) is 6.63. The zero-order valence-electron chi connectivity index (χ0n) is 11.7. The molecule has 1 atom stereocenters. The van der Waals surface area contributed by atoms with Crippen LogP contribution >= 0.6 is 0 Å². The summed E-state index contributed by atoms with van der Waals surface area (Å²) in [5.74, 6) is -0.206. The summed E-state index contributed by atoms with van der Waals surface area (Å²) in [6.45, 7) is 5.95. The normalized spacial score (nSPS) is 19.8.